The molecule has 234 valence electrons. The molecule has 7 atom stereocenters. The van der Waals surface area contributed by atoms with Crippen LogP contribution in [0.3, 0.4) is 0 Å². The molecule has 0 aromatic heterocycles. The predicted octanol–water partition coefficient (Wildman–Crippen LogP) is 3.13. The average molecular weight is 604 g/mol. The summed E-state index contributed by atoms with van der Waals surface area (Å²) in [5.74, 6) is -3.38. The first-order chi connectivity index (χ1) is 21.2. The Balaban J connectivity index is 1.43. The highest BCUT2D eigenvalue weighted by molar-refractivity contribution is 6.05. The van der Waals surface area contributed by atoms with Gasteiger partial charge in [0.25, 0.3) is 5.91 Å². The number of amides is 3. The van der Waals surface area contributed by atoms with Gasteiger partial charge in [0.2, 0.25) is 11.8 Å². The van der Waals surface area contributed by atoms with Crippen molar-refractivity contribution in [2.24, 2.45) is 11.8 Å². The van der Waals surface area contributed by atoms with Crippen molar-refractivity contribution in [1.82, 2.24) is 10.2 Å². The van der Waals surface area contributed by atoms with Crippen LogP contribution in [0.4, 0.5) is 5.69 Å². The second-order valence-corrected chi connectivity index (χ2v) is 12.0. The standard InChI is InChI=1S/C34H41N3O7/c1-5-7-12-27(39)35-19-22(4)43-33(42)28-26-15-16-34(44-26)29(28)31(40)37(21(3)20-38)30(34)32(41)36(17-6-2)25-14-13-23-10-8-9-11-24(23)18-25/h5-6,8-11,13-14,18,21-22,26,28-30,38H,1-2,7,12,15-17,19-20H2,3-4H3,(H,35,39)/t21-,22+,26-,28+,29+,30-,34+/m1/s1. The average Bonchev–Trinajstić information content (AvgIpc) is 3.68. The number of nitrogens with zero attached hydrogens (tertiary/aromatic N) is 2. The Bertz CT molecular complexity index is 1460. The van der Waals surface area contributed by atoms with E-state index >= 15 is 0 Å². The summed E-state index contributed by atoms with van der Waals surface area (Å²) in [5, 5.41) is 14.9. The molecule has 3 fully saturated rings. The minimum absolute atomic E-state index is 0.126. The molecule has 0 unspecified atom stereocenters. The molecule has 10 nitrogen and oxygen atoms in total. The number of hydrogen-bond acceptors (Lipinski definition) is 7. The van der Waals surface area contributed by atoms with Gasteiger partial charge in [-0.15, -0.1) is 13.2 Å². The van der Waals surface area contributed by atoms with Gasteiger partial charge in [0.1, 0.15) is 17.7 Å². The maximum atomic E-state index is 14.6. The Hall–Kier alpha value is -4.02. The van der Waals surface area contributed by atoms with E-state index in [9.17, 15) is 24.3 Å². The fraction of sp³-hybridized carbons (Fsp3) is 0.471. The van der Waals surface area contributed by atoms with E-state index < -0.39 is 53.6 Å². The van der Waals surface area contributed by atoms with Crippen LogP contribution in [-0.2, 0) is 28.7 Å². The zero-order valence-electron chi connectivity index (χ0n) is 25.3. The van der Waals surface area contributed by atoms with Gasteiger partial charge in [0, 0.05) is 18.7 Å². The van der Waals surface area contributed by atoms with Crippen LogP contribution in [0.25, 0.3) is 10.8 Å². The van der Waals surface area contributed by atoms with Crippen molar-refractivity contribution >= 4 is 40.2 Å². The van der Waals surface area contributed by atoms with Crippen LogP contribution >= 0.6 is 0 Å². The summed E-state index contributed by atoms with van der Waals surface area (Å²) in [6, 6.07) is 11.8. The number of benzene rings is 2. The summed E-state index contributed by atoms with van der Waals surface area (Å²) >= 11 is 0. The normalized spacial score (nSPS) is 26.6. The Kier molecular flexibility index (Phi) is 9.22. The van der Waals surface area contributed by atoms with Gasteiger partial charge in [-0.2, -0.15) is 0 Å². The van der Waals surface area contributed by atoms with Crippen molar-refractivity contribution < 1.29 is 33.8 Å². The highest BCUT2D eigenvalue weighted by atomic mass is 16.6. The lowest BCUT2D eigenvalue weighted by Gasteiger charge is -2.38. The third kappa shape index (κ3) is 5.52. The molecule has 0 aliphatic carbocycles. The highest BCUT2D eigenvalue weighted by Gasteiger charge is 2.75. The second kappa shape index (κ2) is 12.9. The third-order valence-electron chi connectivity index (χ3n) is 9.09. The number of likely N-dealkylation sites (tertiary alicyclic amines) is 1. The Morgan fingerprint density at radius 3 is 2.64 bits per heavy atom. The van der Waals surface area contributed by atoms with Crippen LogP contribution in [0.1, 0.15) is 39.5 Å². The van der Waals surface area contributed by atoms with Crippen molar-refractivity contribution in [2.45, 2.75) is 69.4 Å². The molecule has 3 amide bonds. The van der Waals surface area contributed by atoms with Gasteiger partial charge in [-0.05, 0) is 56.0 Å². The largest absolute Gasteiger partial charge is 0.460 e. The first-order valence-electron chi connectivity index (χ1n) is 15.3. The quantitative estimate of drug-likeness (QED) is 0.266. The summed E-state index contributed by atoms with van der Waals surface area (Å²) in [5.41, 5.74) is -0.602. The molecule has 10 heteroatoms. The van der Waals surface area contributed by atoms with Crippen molar-refractivity contribution in [1.29, 1.82) is 0 Å². The molecule has 5 rings (SSSR count). The lowest BCUT2D eigenvalue weighted by atomic mass is 9.70. The maximum absolute atomic E-state index is 14.6. The topological polar surface area (TPSA) is 125 Å². The van der Waals surface area contributed by atoms with Gasteiger partial charge >= 0.3 is 5.97 Å². The molecule has 1 spiro atoms. The van der Waals surface area contributed by atoms with Gasteiger partial charge < -0.3 is 29.7 Å². The fourth-order valence-corrected chi connectivity index (χ4v) is 7.04. The van der Waals surface area contributed by atoms with E-state index in [1.807, 2.05) is 42.5 Å². The summed E-state index contributed by atoms with van der Waals surface area (Å²) in [7, 11) is 0. The first kappa shape index (κ1) is 31.4. The molecule has 2 aromatic carbocycles. The molecule has 2 aromatic rings. The number of allylic oxidation sites excluding steroid dienone is 1. The molecule has 3 aliphatic heterocycles. The van der Waals surface area contributed by atoms with E-state index in [1.165, 1.54) is 4.90 Å². The molecule has 44 heavy (non-hydrogen) atoms. The van der Waals surface area contributed by atoms with Crippen molar-refractivity contribution in [3.05, 3.63) is 67.8 Å². The Morgan fingerprint density at radius 2 is 1.93 bits per heavy atom. The van der Waals surface area contributed by atoms with Gasteiger partial charge in [-0.25, -0.2) is 0 Å². The van der Waals surface area contributed by atoms with E-state index in [0.717, 1.165) is 10.8 Å². The number of rotatable bonds is 13. The smallest absolute Gasteiger partial charge is 0.312 e. The highest BCUT2D eigenvalue weighted by Crippen LogP contribution is 2.59. The fourth-order valence-electron chi connectivity index (χ4n) is 7.04. The Morgan fingerprint density at radius 1 is 1.18 bits per heavy atom. The minimum atomic E-state index is -1.25. The van der Waals surface area contributed by atoms with E-state index in [4.69, 9.17) is 9.47 Å². The van der Waals surface area contributed by atoms with Crippen LogP contribution < -0.4 is 10.2 Å². The number of ether oxygens (including phenoxy) is 2. The van der Waals surface area contributed by atoms with Gasteiger partial charge in [0.15, 0.2) is 0 Å². The van der Waals surface area contributed by atoms with E-state index in [-0.39, 0.29) is 37.9 Å². The number of aliphatic hydroxyl groups is 1. The first-order valence-corrected chi connectivity index (χ1v) is 15.3. The maximum Gasteiger partial charge on any atom is 0.312 e. The number of hydrogen-bond donors (Lipinski definition) is 2. The number of nitrogens with one attached hydrogen (secondary N) is 1. The molecular weight excluding hydrogens is 562 g/mol. The number of carbonyl (C=O) groups excluding carboxylic acids is 4. The number of aliphatic hydroxyl groups excluding tert-OH is 1. The van der Waals surface area contributed by atoms with Crippen LogP contribution in [0.15, 0.2) is 67.8 Å². The molecule has 2 bridgehead atoms. The molecular formula is C34H41N3O7. The van der Waals surface area contributed by atoms with E-state index in [0.29, 0.717) is 24.9 Å². The SMILES string of the molecule is C=CCCC(=O)NC[C@H](C)OC(=O)[C@@H]1[C@H]2C(=O)N([C@H](C)CO)[C@H](C(=O)N(CC=C)c3ccc4ccccc4c3)[C@]23CC[C@H]1O3. The van der Waals surface area contributed by atoms with E-state index in [2.05, 4.69) is 18.5 Å². The summed E-state index contributed by atoms with van der Waals surface area (Å²) < 4.78 is 12.2. The molecule has 3 aliphatic rings. The number of esters is 1. The zero-order chi connectivity index (χ0) is 31.6. The van der Waals surface area contributed by atoms with Crippen molar-refractivity contribution in [2.75, 3.05) is 24.6 Å². The third-order valence-corrected chi connectivity index (χ3v) is 9.09. The summed E-state index contributed by atoms with van der Waals surface area (Å²) in [4.78, 5) is 57.4. The minimum Gasteiger partial charge on any atom is -0.460 e. The molecule has 0 saturated carbocycles. The molecule has 3 saturated heterocycles. The lowest BCUT2D eigenvalue weighted by Crippen LogP contribution is -2.58. The van der Waals surface area contributed by atoms with Crippen LogP contribution in [-0.4, -0.2) is 83.3 Å². The number of carbonyl (C=O) groups is 4. The monoisotopic (exact) mass is 603 g/mol. The molecule has 2 N–H and O–H groups in total. The zero-order valence-corrected chi connectivity index (χ0v) is 25.3. The van der Waals surface area contributed by atoms with Crippen molar-refractivity contribution in [3.63, 3.8) is 0 Å². The second-order valence-electron chi connectivity index (χ2n) is 12.0. The molecule has 3 heterocycles. The predicted molar refractivity (Wildman–Crippen MR) is 165 cm³/mol. The number of fused-ring (bicyclic) bond motifs is 2. The van der Waals surface area contributed by atoms with E-state index in [1.54, 1.807) is 30.9 Å². The van der Waals surface area contributed by atoms with Crippen LogP contribution in [0, 0.1) is 11.8 Å². The van der Waals surface area contributed by atoms with Crippen LogP contribution in [0.2, 0.25) is 0 Å². The Labute approximate surface area is 257 Å². The van der Waals surface area contributed by atoms with Crippen LogP contribution in [0.5, 0.6) is 0 Å². The lowest BCUT2D eigenvalue weighted by molar-refractivity contribution is -0.159. The van der Waals surface area contributed by atoms with Gasteiger partial charge in [-0.3, -0.25) is 19.2 Å². The summed E-state index contributed by atoms with van der Waals surface area (Å²) in [6.45, 7) is 10.8. The molecule has 0 radical (unpaired) electrons. The van der Waals surface area contributed by atoms with Gasteiger partial charge in [0.05, 0.1) is 37.1 Å². The van der Waals surface area contributed by atoms with Crippen molar-refractivity contribution in [3.8, 4) is 0 Å². The van der Waals surface area contributed by atoms with Gasteiger partial charge in [-0.1, -0.05) is 42.5 Å². The number of anilines is 1. The summed E-state index contributed by atoms with van der Waals surface area (Å²) in [6.07, 6.45) is 3.80.